The number of nitrogens with two attached hydrogens (primary N) is 1. The summed E-state index contributed by atoms with van der Waals surface area (Å²) in [6.45, 7) is 0. The van der Waals surface area contributed by atoms with Crippen molar-refractivity contribution in [1.29, 1.82) is 0 Å². The van der Waals surface area contributed by atoms with Gasteiger partial charge in [-0.1, -0.05) is 59.2 Å². The van der Waals surface area contributed by atoms with Gasteiger partial charge in [0.05, 0.1) is 32.0 Å². The Morgan fingerprint density at radius 1 is 0.947 bits per heavy atom. The predicted octanol–water partition coefficient (Wildman–Crippen LogP) is 5.02. The molecule has 0 saturated carbocycles. The summed E-state index contributed by atoms with van der Waals surface area (Å²) in [5.74, 6) is 0. The SMILES string of the molecule is NC(=S)c1c(Cl)cccc1Nc1c(Cl)cccc1Cl. The fourth-order valence-corrected chi connectivity index (χ4v) is 2.67. The van der Waals surface area contributed by atoms with Gasteiger partial charge in [0.1, 0.15) is 4.99 Å². The highest BCUT2D eigenvalue weighted by molar-refractivity contribution is 7.80. The number of halogens is 3. The number of anilines is 2. The second kappa shape index (κ2) is 5.97. The number of hydrogen-bond donors (Lipinski definition) is 2. The van der Waals surface area contributed by atoms with E-state index in [-0.39, 0.29) is 4.99 Å². The Morgan fingerprint density at radius 2 is 1.47 bits per heavy atom. The van der Waals surface area contributed by atoms with Gasteiger partial charge in [0.25, 0.3) is 0 Å². The molecule has 3 N–H and O–H groups in total. The zero-order chi connectivity index (χ0) is 14.0. The first-order valence-electron chi connectivity index (χ1n) is 5.30. The zero-order valence-corrected chi connectivity index (χ0v) is 12.7. The lowest BCUT2D eigenvalue weighted by Gasteiger charge is -2.14. The largest absolute Gasteiger partial charge is 0.389 e. The molecule has 0 heterocycles. The van der Waals surface area contributed by atoms with E-state index >= 15 is 0 Å². The minimum absolute atomic E-state index is 0.205. The third kappa shape index (κ3) is 3.12. The molecule has 0 saturated heterocycles. The smallest absolute Gasteiger partial charge is 0.107 e. The number of nitrogens with one attached hydrogen (secondary N) is 1. The van der Waals surface area contributed by atoms with E-state index in [9.17, 15) is 0 Å². The lowest BCUT2D eigenvalue weighted by atomic mass is 10.1. The quantitative estimate of drug-likeness (QED) is 0.775. The van der Waals surface area contributed by atoms with Crippen molar-refractivity contribution in [3.8, 4) is 0 Å². The number of rotatable bonds is 3. The molecule has 19 heavy (non-hydrogen) atoms. The van der Waals surface area contributed by atoms with Crippen LogP contribution in [-0.4, -0.2) is 4.99 Å². The zero-order valence-electron chi connectivity index (χ0n) is 9.58. The molecular weight excluding hydrogens is 323 g/mol. The highest BCUT2D eigenvalue weighted by Crippen LogP contribution is 2.35. The molecule has 0 aliphatic rings. The van der Waals surface area contributed by atoms with Crippen LogP contribution in [0.25, 0.3) is 0 Å². The standard InChI is InChI=1S/C13H9Cl3N2S/c14-7-3-2-6-10(11(7)13(17)19)18-12-8(15)4-1-5-9(12)16/h1-6,18H,(H2,17,19). The molecule has 2 aromatic rings. The van der Waals surface area contributed by atoms with Gasteiger partial charge in [-0.25, -0.2) is 0 Å². The highest BCUT2D eigenvalue weighted by Gasteiger charge is 2.12. The van der Waals surface area contributed by atoms with E-state index in [0.29, 0.717) is 32.0 Å². The summed E-state index contributed by atoms with van der Waals surface area (Å²) in [4.78, 5) is 0.205. The molecule has 0 atom stereocenters. The summed E-state index contributed by atoms with van der Waals surface area (Å²) in [6.07, 6.45) is 0. The topological polar surface area (TPSA) is 38.0 Å². The van der Waals surface area contributed by atoms with Crippen molar-refractivity contribution in [1.82, 2.24) is 0 Å². The monoisotopic (exact) mass is 330 g/mol. The van der Waals surface area contributed by atoms with Crippen molar-refractivity contribution >= 4 is 63.4 Å². The Morgan fingerprint density at radius 3 is 2.05 bits per heavy atom. The van der Waals surface area contributed by atoms with Crippen LogP contribution in [0.15, 0.2) is 36.4 Å². The minimum Gasteiger partial charge on any atom is -0.389 e. The van der Waals surface area contributed by atoms with E-state index in [1.54, 1.807) is 36.4 Å². The van der Waals surface area contributed by atoms with E-state index < -0.39 is 0 Å². The Labute approximate surface area is 131 Å². The number of hydrogen-bond acceptors (Lipinski definition) is 2. The van der Waals surface area contributed by atoms with Gasteiger partial charge in [-0.3, -0.25) is 0 Å². The summed E-state index contributed by atoms with van der Waals surface area (Å²) >= 11 is 23.3. The number of para-hydroxylation sites is 1. The summed E-state index contributed by atoms with van der Waals surface area (Å²) in [5, 5.41) is 4.59. The molecule has 0 aromatic heterocycles. The fourth-order valence-electron chi connectivity index (χ4n) is 1.63. The molecule has 0 bridgehead atoms. The Balaban J connectivity index is 2.50. The number of thiocarbonyl (C=S) groups is 1. The first-order chi connectivity index (χ1) is 9.00. The first kappa shape index (κ1) is 14.4. The van der Waals surface area contributed by atoms with Gasteiger partial charge in [0, 0.05) is 0 Å². The van der Waals surface area contributed by atoms with E-state index in [2.05, 4.69) is 5.32 Å². The maximum absolute atomic E-state index is 6.11. The van der Waals surface area contributed by atoms with Crippen LogP contribution in [0, 0.1) is 0 Å². The van der Waals surface area contributed by atoms with Gasteiger partial charge in [-0.05, 0) is 24.3 Å². The van der Waals surface area contributed by atoms with Gasteiger partial charge in [0.15, 0.2) is 0 Å². The van der Waals surface area contributed by atoms with Gasteiger partial charge in [0.2, 0.25) is 0 Å². The summed E-state index contributed by atoms with van der Waals surface area (Å²) < 4.78 is 0. The highest BCUT2D eigenvalue weighted by atomic mass is 35.5. The fraction of sp³-hybridized carbons (Fsp3) is 0. The van der Waals surface area contributed by atoms with Gasteiger partial charge < -0.3 is 11.1 Å². The van der Waals surface area contributed by atoms with Crippen LogP contribution in [0.4, 0.5) is 11.4 Å². The van der Waals surface area contributed by atoms with E-state index in [1.165, 1.54) is 0 Å². The second-order valence-electron chi connectivity index (χ2n) is 3.75. The van der Waals surface area contributed by atoms with Crippen molar-refractivity contribution in [2.24, 2.45) is 5.73 Å². The van der Waals surface area contributed by atoms with Crippen molar-refractivity contribution in [2.45, 2.75) is 0 Å². The summed E-state index contributed by atoms with van der Waals surface area (Å²) in [7, 11) is 0. The molecule has 6 heteroatoms. The molecular formula is C13H9Cl3N2S. The van der Waals surface area contributed by atoms with E-state index in [0.717, 1.165) is 0 Å². The maximum Gasteiger partial charge on any atom is 0.107 e. The van der Waals surface area contributed by atoms with E-state index in [1.807, 2.05) is 0 Å². The number of benzene rings is 2. The van der Waals surface area contributed by atoms with Crippen LogP contribution in [-0.2, 0) is 0 Å². The van der Waals surface area contributed by atoms with Gasteiger partial charge >= 0.3 is 0 Å². The first-order valence-corrected chi connectivity index (χ1v) is 6.84. The lowest BCUT2D eigenvalue weighted by Crippen LogP contribution is -2.12. The molecule has 0 fully saturated rings. The van der Waals surface area contributed by atoms with Crippen molar-refractivity contribution in [2.75, 3.05) is 5.32 Å². The van der Waals surface area contributed by atoms with Crippen molar-refractivity contribution in [3.63, 3.8) is 0 Å². The third-order valence-corrected chi connectivity index (χ3v) is 3.63. The Hall–Kier alpha value is -1.00. The second-order valence-corrected chi connectivity index (χ2v) is 5.41. The summed E-state index contributed by atoms with van der Waals surface area (Å²) in [5.41, 5.74) is 7.50. The molecule has 0 aliphatic heterocycles. The average molecular weight is 332 g/mol. The minimum atomic E-state index is 0.205. The molecule has 2 aromatic carbocycles. The molecule has 2 nitrogen and oxygen atoms in total. The molecule has 98 valence electrons. The van der Waals surface area contributed by atoms with Crippen LogP contribution in [0.5, 0.6) is 0 Å². The maximum atomic E-state index is 6.11. The van der Waals surface area contributed by atoms with Crippen molar-refractivity contribution < 1.29 is 0 Å². The van der Waals surface area contributed by atoms with Crippen LogP contribution in [0.1, 0.15) is 5.56 Å². The van der Waals surface area contributed by atoms with Crippen LogP contribution < -0.4 is 11.1 Å². The Bertz CT molecular complexity index is 624. The van der Waals surface area contributed by atoms with Crippen LogP contribution in [0.2, 0.25) is 15.1 Å². The van der Waals surface area contributed by atoms with E-state index in [4.69, 9.17) is 52.8 Å². The van der Waals surface area contributed by atoms with Crippen molar-refractivity contribution in [3.05, 3.63) is 57.0 Å². The lowest BCUT2D eigenvalue weighted by molar-refractivity contribution is 1.52. The normalized spacial score (nSPS) is 10.3. The molecule has 0 radical (unpaired) electrons. The molecule has 0 spiro atoms. The van der Waals surface area contributed by atoms with Gasteiger partial charge in [-0.15, -0.1) is 0 Å². The molecule has 0 aliphatic carbocycles. The van der Waals surface area contributed by atoms with Crippen LogP contribution in [0.3, 0.4) is 0 Å². The average Bonchev–Trinajstić information content (AvgIpc) is 2.33. The molecule has 0 amide bonds. The third-order valence-electron chi connectivity index (χ3n) is 2.48. The molecule has 2 rings (SSSR count). The Kier molecular flexibility index (Phi) is 4.53. The molecule has 0 unspecified atom stereocenters. The van der Waals surface area contributed by atoms with Crippen LogP contribution >= 0.6 is 47.0 Å². The predicted molar refractivity (Wildman–Crippen MR) is 87.1 cm³/mol. The summed E-state index contributed by atoms with van der Waals surface area (Å²) in [6, 6.07) is 10.6. The van der Waals surface area contributed by atoms with Gasteiger partial charge in [-0.2, -0.15) is 0 Å².